The first kappa shape index (κ1) is 22.2. The number of piperidine rings is 1. The van der Waals surface area contributed by atoms with Crippen LogP contribution in [-0.4, -0.2) is 48.7 Å². The Balaban J connectivity index is 0.00000261. The topological polar surface area (TPSA) is 44.6 Å². The van der Waals surface area contributed by atoms with Crippen molar-refractivity contribution >= 4 is 41.3 Å². The molecule has 7 heteroatoms. The van der Waals surface area contributed by atoms with E-state index in [9.17, 15) is 0 Å². The van der Waals surface area contributed by atoms with Crippen molar-refractivity contribution < 1.29 is 0 Å². The number of aliphatic imine (C=N–C) groups is 1. The third-order valence-electron chi connectivity index (χ3n) is 5.00. The second-order valence-electron chi connectivity index (χ2n) is 6.91. The second kappa shape index (κ2) is 11.7. The van der Waals surface area contributed by atoms with Gasteiger partial charge in [0, 0.05) is 49.5 Å². The smallest absolute Gasteiger partial charge is 0.191 e. The highest BCUT2D eigenvalue weighted by Gasteiger charge is 2.31. The van der Waals surface area contributed by atoms with Crippen molar-refractivity contribution in [3.63, 3.8) is 0 Å². The molecule has 0 spiro atoms. The molecule has 0 aromatic carbocycles. The average Bonchev–Trinajstić information content (AvgIpc) is 3.33. The molecule has 0 aliphatic carbocycles. The SMILES string of the molecule is CCNC(=NCC1CCCN(C)C1c1cccs1)NCCn1cccc1.I. The van der Waals surface area contributed by atoms with E-state index in [1.54, 1.807) is 0 Å². The molecule has 3 rings (SSSR count). The van der Waals surface area contributed by atoms with Gasteiger partial charge in [0.15, 0.2) is 5.96 Å². The van der Waals surface area contributed by atoms with Gasteiger partial charge >= 0.3 is 0 Å². The minimum atomic E-state index is 0. The highest BCUT2D eigenvalue weighted by Crippen LogP contribution is 2.37. The molecule has 27 heavy (non-hydrogen) atoms. The molecule has 1 aliphatic heterocycles. The molecule has 2 N–H and O–H groups in total. The third kappa shape index (κ3) is 6.50. The summed E-state index contributed by atoms with van der Waals surface area (Å²) in [6, 6.07) is 9.05. The molecule has 1 aliphatic rings. The number of guanidine groups is 1. The van der Waals surface area contributed by atoms with Crippen LogP contribution in [0.3, 0.4) is 0 Å². The summed E-state index contributed by atoms with van der Waals surface area (Å²) in [6.07, 6.45) is 6.69. The summed E-state index contributed by atoms with van der Waals surface area (Å²) in [6.45, 7) is 6.87. The van der Waals surface area contributed by atoms with Gasteiger partial charge < -0.3 is 15.2 Å². The Hall–Kier alpha value is -1.06. The van der Waals surface area contributed by atoms with Crippen molar-refractivity contribution in [2.24, 2.45) is 10.9 Å². The van der Waals surface area contributed by atoms with E-state index in [1.165, 1.54) is 24.3 Å². The number of nitrogens with one attached hydrogen (secondary N) is 2. The molecule has 1 saturated heterocycles. The van der Waals surface area contributed by atoms with Crippen LogP contribution < -0.4 is 10.6 Å². The number of hydrogen-bond acceptors (Lipinski definition) is 3. The van der Waals surface area contributed by atoms with Gasteiger partial charge in [-0.05, 0) is 62.9 Å². The first-order valence-corrected chi connectivity index (χ1v) is 10.5. The maximum atomic E-state index is 4.91. The number of rotatable bonds is 7. The maximum absolute atomic E-state index is 4.91. The highest BCUT2D eigenvalue weighted by atomic mass is 127. The fourth-order valence-electron chi connectivity index (χ4n) is 3.73. The molecule has 0 bridgehead atoms. The first-order chi connectivity index (χ1) is 12.8. The fourth-order valence-corrected chi connectivity index (χ4v) is 4.72. The lowest BCUT2D eigenvalue weighted by atomic mass is 9.88. The van der Waals surface area contributed by atoms with Crippen LogP contribution in [0.1, 0.15) is 30.7 Å². The Morgan fingerprint density at radius 3 is 2.78 bits per heavy atom. The van der Waals surface area contributed by atoms with Gasteiger partial charge in [-0.25, -0.2) is 0 Å². The Bertz CT molecular complexity index is 656. The Morgan fingerprint density at radius 1 is 1.26 bits per heavy atom. The molecule has 2 aromatic heterocycles. The van der Waals surface area contributed by atoms with Crippen LogP contribution in [0.5, 0.6) is 0 Å². The Labute approximate surface area is 184 Å². The van der Waals surface area contributed by atoms with E-state index >= 15 is 0 Å². The zero-order valence-corrected chi connectivity index (χ0v) is 19.5. The predicted molar refractivity (Wildman–Crippen MR) is 126 cm³/mol. The molecule has 1 fully saturated rings. The summed E-state index contributed by atoms with van der Waals surface area (Å²) in [7, 11) is 2.25. The van der Waals surface area contributed by atoms with Crippen LogP contribution in [0.2, 0.25) is 0 Å². The van der Waals surface area contributed by atoms with Crippen LogP contribution >= 0.6 is 35.3 Å². The molecule has 0 amide bonds. The maximum Gasteiger partial charge on any atom is 0.191 e. The van der Waals surface area contributed by atoms with Crippen molar-refractivity contribution in [2.75, 3.05) is 33.2 Å². The van der Waals surface area contributed by atoms with E-state index in [0.29, 0.717) is 12.0 Å². The molecule has 0 saturated carbocycles. The fraction of sp³-hybridized carbons (Fsp3) is 0.550. The summed E-state index contributed by atoms with van der Waals surface area (Å²) in [4.78, 5) is 8.89. The van der Waals surface area contributed by atoms with Crippen molar-refractivity contribution in [3.05, 3.63) is 46.9 Å². The number of halogens is 1. The number of likely N-dealkylation sites (tertiary alicyclic amines) is 1. The number of nitrogens with zero attached hydrogens (tertiary/aromatic N) is 3. The molecular formula is C20H32IN5S. The molecule has 3 heterocycles. The van der Waals surface area contributed by atoms with Crippen LogP contribution in [-0.2, 0) is 6.54 Å². The van der Waals surface area contributed by atoms with E-state index in [1.807, 2.05) is 11.3 Å². The largest absolute Gasteiger partial charge is 0.357 e. The van der Waals surface area contributed by atoms with Gasteiger partial charge in [0.2, 0.25) is 0 Å². The summed E-state index contributed by atoms with van der Waals surface area (Å²) in [5.74, 6) is 1.50. The van der Waals surface area contributed by atoms with E-state index in [-0.39, 0.29) is 24.0 Å². The zero-order valence-electron chi connectivity index (χ0n) is 16.3. The molecule has 2 atom stereocenters. The molecule has 0 radical (unpaired) electrons. The van der Waals surface area contributed by atoms with Gasteiger partial charge in [0.1, 0.15) is 0 Å². The van der Waals surface area contributed by atoms with E-state index in [2.05, 4.69) is 76.1 Å². The zero-order chi connectivity index (χ0) is 18.2. The molecule has 2 aromatic rings. The minimum absolute atomic E-state index is 0. The third-order valence-corrected chi connectivity index (χ3v) is 5.94. The monoisotopic (exact) mass is 501 g/mol. The van der Waals surface area contributed by atoms with Crippen molar-refractivity contribution in [1.29, 1.82) is 0 Å². The second-order valence-corrected chi connectivity index (χ2v) is 7.89. The molecule has 5 nitrogen and oxygen atoms in total. The number of hydrogen-bond donors (Lipinski definition) is 2. The highest BCUT2D eigenvalue weighted by molar-refractivity contribution is 14.0. The quantitative estimate of drug-likeness (QED) is 0.345. The lowest BCUT2D eigenvalue weighted by molar-refractivity contribution is 0.128. The van der Waals surface area contributed by atoms with Gasteiger partial charge in [-0.2, -0.15) is 0 Å². The van der Waals surface area contributed by atoms with Crippen molar-refractivity contribution in [1.82, 2.24) is 20.1 Å². The number of aromatic nitrogens is 1. The van der Waals surface area contributed by atoms with Crippen molar-refractivity contribution in [3.8, 4) is 0 Å². The van der Waals surface area contributed by atoms with Crippen LogP contribution in [0, 0.1) is 5.92 Å². The summed E-state index contributed by atoms with van der Waals surface area (Å²) in [5, 5.41) is 9.03. The van der Waals surface area contributed by atoms with Crippen LogP contribution in [0.25, 0.3) is 0 Å². The van der Waals surface area contributed by atoms with E-state index in [4.69, 9.17) is 4.99 Å². The predicted octanol–water partition coefficient (Wildman–Crippen LogP) is 3.81. The van der Waals surface area contributed by atoms with Gasteiger partial charge in [-0.3, -0.25) is 9.89 Å². The minimum Gasteiger partial charge on any atom is -0.357 e. The summed E-state index contributed by atoms with van der Waals surface area (Å²) in [5.41, 5.74) is 0. The first-order valence-electron chi connectivity index (χ1n) is 9.64. The van der Waals surface area contributed by atoms with Crippen molar-refractivity contribution in [2.45, 2.75) is 32.4 Å². The summed E-state index contributed by atoms with van der Waals surface area (Å²) >= 11 is 1.87. The van der Waals surface area contributed by atoms with Gasteiger partial charge in [0.25, 0.3) is 0 Å². The van der Waals surface area contributed by atoms with Crippen LogP contribution in [0.4, 0.5) is 0 Å². The standard InChI is InChI=1S/C20H31N5S.HI/c1-3-21-20(22-10-14-25-12-4-5-13-25)23-16-17-8-6-11-24(2)19(17)18-9-7-15-26-18;/h4-5,7,9,12-13,15,17,19H,3,6,8,10-11,14,16H2,1-2H3,(H2,21,22,23);1H. The Morgan fingerprint density at radius 2 is 2.07 bits per heavy atom. The van der Waals surface area contributed by atoms with Gasteiger partial charge in [-0.1, -0.05) is 6.07 Å². The van der Waals surface area contributed by atoms with E-state index in [0.717, 1.165) is 32.1 Å². The molecule has 2 unspecified atom stereocenters. The normalized spacial score (nSPS) is 20.9. The lowest BCUT2D eigenvalue weighted by Crippen LogP contribution is -2.40. The lowest BCUT2D eigenvalue weighted by Gasteiger charge is -2.38. The average molecular weight is 501 g/mol. The molecular weight excluding hydrogens is 469 g/mol. The van der Waals surface area contributed by atoms with Crippen LogP contribution in [0.15, 0.2) is 47.0 Å². The number of thiophene rings is 1. The van der Waals surface area contributed by atoms with E-state index < -0.39 is 0 Å². The summed E-state index contributed by atoms with van der Waals surface area (Å²) < 4.78 is 2.18. The molecule has 150 valence electrons. The van der Waals surface area contributed by atoms with Gasteiger partial charge in [-0.15, -0.1) is 35.3 Å². The van der Waals surface area contributed by atoms with Gasteiger partial charge in [0.05, 0.1) is 0 Å². The Kier molecular flexibility index (Phi) is 9.64.